The summed E-state index contributed by atoms with van der Waals surface area (Å²) < 4.78 is 0. The molecule has 1 aliphatic heterocycles. The normalized spacial score (nSPS) is 24.8. The molecule has 2 rings (SSSR count). The number of rotatable bonds is 5. The number of thiazole rings is 1. The van der Waals surface area contributed by atoms with Gasteiger partial charge in [-0.3, -0.25) is 4.90 Å². The molecule has 0 bridgehead atoms. The maximum absolute atomic E-state index is 4.62. The van der Waals surface area contributed by atoms with E-state index in [0.29, 0.717) is 12.1 Å². The Labute approximate surface area is 127 Å². The van der Waals surface area contributed by atoms with E-state index in [0.717, 1.165) is 13.1 Å². The van der Waals surface area contributed by atoms with Crippen LogP contribution in [0.25, 0.3) is 0 Å². The van der Waals surface area contributed by atoms with E-state index < -0.39 is 0 Å². The van der Waals surface area contributed by atoms with Crippen LogP contribution in [0.1, 0.15) is 62.9 Å². The summed E-state index contributed by atoms with van der Waals surface area (Å²) in [6, 6.07) is 1.05. The standard InChI is InChI=1S/C16H29N3S/c1-6-14-10-18-16(7-2,8-3)11-19(14)13(5)15-17-9-12(4)20-15/h9,13-14,18H,6-8,10-11H2,1-5H3. The summed E-state index contributed by atoms with van der Waals surface area (Å²) in [4.78, 5) is 8.61. The van der Waals surface area contributed by atoms with Gasteiger partial charge < -0.3 is 5.32 Å². The molecule has 114 valence electrons. The predicted molar refractivity (Wildman–Crippen MR) is 87.4 cm³/mol. The number of piperazine rings is 1. The lowest BCUT2D eigenvalue weighted by atomic mass is 9.87. The van der Waals surface area contributed by atoms with Crippen LogP contribution in [0.3, 0.4) is 0 Å². The molecule has 1 N–H and O–H groups in total. The van der Waals surface area contributed by atoms with E-state index in [9.17, 15) is 0 Å². The van der Waals surface area contributed by atoms with Gasteiger partial charge in [0, 0.05) is 35.7 Å². The zero-order valence-corrected chi connectivity index (χ0v) is 14.4. The van der Waals surface area contributed by atoms with Crippen molar-refractivity contribution in [2.45, 2.75) is 71.5 Å². The van der Waals surface area contributed by atoms with Crippen molar-refractivity contribution in [3.05, 3.63) is 16.1 Å². The first-order valence-electron chi connectivity index (χ1n) is 7.98. The average molecular weight is 295 g/mol. The molecule has 0 aliphatic carbocycles. The SMILES string of the molecule is CCC1CNC(CC)(CC)CN1C(C)c1ncc(C)s1. The fourth-order valence-electron chi connectivity index (χ4n) is 3.25. The lowest BCUT2D eigenvalue weighted by molar-refractivity contribution is 0.0399. The molecule has 0 aromatic carbocycles. The Kier molecular flexibility index (Phi) is 5.21. The van der Waals surface area contributed by atoms with Crippen molar-refractivity contribution in [3.63, 3.8) is 0 Å². The van der Waals surface area contributed by atoms with Gasteiger partial charge in [0.15, 0.2) is 0 Å². The van der Waals surface area contributed by atoms with E-state index in [2.05, 4.69) is 49.8 Å². The molecule has 0 amide bonds. The highest BCUT2D eigenvalue weighted by atomic mass is 32.1. The van der Waals surface area contributed by atoms with Gasteiger partial charge in [0.05, 0.1) is 6.04 Å². The van der Waals surface area contributed by atoms with Gasteiger partial charge >= 0.3 is 0 Å². The van der Waals surface area contributed by atoms with Gasteiger partial charge in [0.1, 0.15) is 5.01 Å². The van der Waals surface area contributed by atoms with Gasteiger partial charge in [0.2, 0.25) is 0 Å². The Hall–Kier alpha value is -0.450. The molecule has 2 heterocycles. The second-order valence-electron chi connectivity index (χ2n) is 6.09. The highest BCUT2D eigenvalue weighted by molar-refractivity contribution is 7.11. The Morgan fingerprint density at radius 1 is 1.45 bits per heavy atom. The molecule has 0 radical (unpaired) electrons. The van der Waals surface area contributed by atoms with Crippen molar-refractivity contribution in [1.82, 2.24) is 15.2 Å². The third-order valence-corrected chi connectivity index (χ3v) is 6.07. The van der Waals surface area contributed by atoms with Crippen LogP contribution in [0.4, 0.5) is 0 Å². The number of hydrogen-bond donors (Lipinski definition) is 1. The van der Waals surface area contributed by atoms with Gasteiger partial charge in [0.25, 0.3) is 0 Å². The van der Waals surface area contributed by atoms with Crippen LogP contribution in [0.5, 0.6) is 0 Å². The third-order valence-electron chi connectivity index (χ3n) is 4.99. The monoisotopic (exact) mass is 295 g/mol. The molecule has 0 saturated carbocycles. The molecule has 2 unspecified atom stereocenters. The Morgan fingerprint density at radius 2 is 2.15 bits per heavy atom. The maximum atomic E-state index is 4.62. The lowest BCUT2D eigenvalue weighted by Crippen LogP contribution is -2.63. The number of aromatic nitrogens is 1. The summed E-state index contributed by atoms with van der Waals surface area (Å²) in [5, 5.41) is 5.08. The van der Waals surface area contributed by atoms with Crippen molar-refractivity contribution in [2.75, 3.05) is 13.1 Å². The Morgan fingerprint density at radius 3 is 2.65 bits per heavy atom. The highest BCUT2D eigenvalue weighted by Crippen LogP contribution is 2.32. The molecule has 1 aromatic heterocycles. The predicted octanol–water partition coefficient (Wildman–Crippen LogP) is 3.76. The molecule has 2 atom stereocenters. The first-order valence-corrected chi connectivity index (χ1v) is 8.80. The van der Waals surface area contributed by atoms with E-state index in [1.165, 1.54) is 29.1 Å². The van der Waals surface area contributed by atoms with E-state index >= 15 is 0 Å². The van der Waals surface area contributed by atoms with E-state index in [1.807, 2.05) is 17.5 Å². The van der Waals surface area contributed by atoms with E-state index in [4.69, 9.17) is 0 Å². The van der Waals surface area contributed by atoms with Crippen molar-refractivity contribution < 1.29 is 0 Å². The largest absolute Gasteiger partial charge is 0.308 e. The summed E-state index contributed by atoms with van der Waals surface area (Å²) in [6.45, 7) is 13.6. The van der Waals surface area contributed by atoms with Crippen molar-refractivity contribution in [3.8, 4) is 0 Å². The molecular formula is C16H29N3S. The average Bonchev–Trinajstić information content (AvgIpc) is 2.92. The van der Waals surface area contributed by atoms with Crippen molar-refractivity contribution >= 4 is 11.3 Å². The minimum Gasteiger partial charge on any atom is -0.308 e. The molecule has 4 heteroatoms. The van der Waals surface area contributed by atoms with Crippen LogP contribution >= 0.6 is 11.3 Å². The Balaban J connectivity index is 2.20. The van der Waals surface area contributed by atoms with Crippen LogP contribution in [0, 0.1) is 6.92 Å². The number of nitrogens with one attached hydrogen (secondary N) is 1. The van der Waals surface area contributed by atoms with Gasteiger partial charge in [-0.15, -0.1) is 11.3 Å². The zero-order valence-electron chi connectivity index (χ0n) is 13.6. The van der Waals surface area contributed by atoms with E-state index in [1.54, 1.807) is 0 Å². The minimum absolute atomic E-state index is 0.284. The third kappa shape index (κ3) is 3.07. The molecule has 1 aromatic rings. The summed E-state index contributed by atoms with van der Waals surface area (Å²) in [6.07, 6.45) is 5.60. The smallest absolute Gasteiger partial charge is 0.110 e. The van der Waals surface area contributed by atoms with Gasteiger partial charge in [-0.25, -0.2) is 4.98 Å². The van der Waals surface area contributed by atoms with Crippen molar-refractivity contribution in [2.24, 2.45) is 0 Å². The Bertz CT molecular complexity index is 425. The second kappa shape index (κ2) is 6.54. The van der Waals surface area contributed by atoms with Gasteiger partial charge in [-0.05, 0) is 33.1 Å². The van der Waals surface area contributed by atoms with E-state index in [-0.39, 0.29) is 5.54 Å². The second-order valence-corrected chi connectivity index (χ2v) is 7.35. The molecule has 1 fully saturated rings. The fourth-order valence-corrected chi connectivity index (χ4v) is 4.10. The van der Waals surface area contributed by atoms with Crippen molar-refractivity contribution in [1.29, 1.82) is 0 Å². The quantitative estimate of drug-likeness (QED) is 0.896. The first-order chi connectivity index (χ1) is 9.55. The number of hydrogen-bond acceptors (Lipinski definition) is 4. The fraction of sp³-hybridized carbons (Fsp3) is 0.812. The highest BCUT2D eigenvalue weighted by Gasteiger charge is 2.38. The summed E-state index contributed by atoms with van der Waals surface area (Å²) in [7, 11) is 0. The van der Waals surface area contributed by atoms with Crippen LogP contribution in [-0.4, -0.2) is 34.6 Å². The van der Waals surface area contributed by atoms with Gasteiger partial charge in [-0.2, -0.15) is 0 Å². The first kappa shape index (κ1) is 15.9. The maximum Gasteiger partial charge on any atom is 0.110 e. The van der Waals surface area contributed by atoms with Crippen LogP contribution in [0.15, 0.2) is 6.20 Å². The number of nitrogens with zero attached hydrogens (tertiary/aromatic N) is 2. The molecule has 1 aliphatic rings. The summed E-state index contributed by atoms with van der Waals surface area (Å²) >= 11 is 1.84. The topological polar surface area (TPSA) is 28.2 Å². The minimum atomic E-state index is 0.284. The molecule has 20 heavy (non-hydrogen) atoms. The molecule has 0 spiro atoms. The van der Waals surface area contributed by atoms with Crippen LogP contribution in [0.2, 0.25) is 0 Å². The van der Waals surface area contributed by atoms with Crippen LogP contribution in [-0.2, 0) is 0 Å². The summed E-state index contributed by atoms with van der Waals surface area (Å²) in [5.41, 5.74) is 0.284. The molecular weight excluding hydrogens is 266 g/mol. The zero-order chi connectivity index (χ0) is 14.8. The lowest BCUT2D eigenvalue weighted by Gasteiger charge is -2.49. The number of aryl methyl sites for hydroxylation is 1. The molecule has 3 nitrogen and oxygen atoms in total. The molecule has 1 saturated heterocycles. The summed E-state index contributed by atoms with van der Waals surface area (Å²) in [5.74, 6) is 0. The van der Waals surface area contributed by atoms with Gasteiger partial charge in [-0.1, -0.05) is 20.8 Å². The van der Waals surface area contributed by atoms with Crippen LogP contribution < -0.4 is 5.32 Å².